The van der Waals surface area contributed by atoms with E-state index in [9.17, 15) is 18.3 Å². The summed E-state index contributed by atoms with van der Waals surface area (Å²) in [5.74, 6) is -0.290. The quantitative estimate of drug-likeness (QED) is 0.655. The van der Waals surface area contributed by atoms with Crippen LogP contribution in [-0.2, 0) is 14.8 Å². The number of aryl methyl sites for hydroxylation is 1. The van der Waals surface area contributed by atoms with Gasteiger partial charge < -0.3 is 5.11 Å². The number of aliphatic hydroxyl groups excluding tert-OH is 1. The van der Waals surface area contributed by atoms with Gasteiger partial charge in [-0.1, -0.05) is 17.7 Å². The minimum Gasteiger partial charge on any atom is -0.512 e. The number of nitrogens with one attached hydrogen (secondary N) is 1. The summed E-state index contributed by atoms with van der Waals surface area (Å²) in [6.45, 7) is 1.85. The van der Waals surface area contributed by atoms with E-state index in [0.29, 0.717) is 19.3 Å². The summed E-state index contributed by atoms with van der Waals surface area (Å²) in [4.78, 5) is 13.7. The maximum Gasteiger partial charge on any atom is 0.276 e. The minimum absolute atomic E-state index is 0.0514. The molecule has 0 bridgehead atoms. The van der Waals surface area contributed by atoms with Gasteiger partial charge in [0.05, 0.1) is 16.7 Å². The topological polar surface area (TPSA) is 95.8 Å². The zero-order valence-electron chi connectivity index (χ0n) is 11.5. The molecule has 21 heavy (non-hydrogen) atoms. The molecule has 1 aromatic carbocycles. The number of sulfonamides is 1. The van der Waals surface area contributed by atoms with Crippen LogP contribution in [0.1, 0.15) is 24.8 Å². The number of Topliss-reactive ketones (excluding diaryl/α,β-unsaturated/α-hetero) is 1. The molecule has 2 N–H and O–H groups in total. The van der Waals surface area contributed by atoms with Gasteiger partial charge in [0, 0.05) is 12.8 Å². The van der Waals surface area contributed by atoms with Crippen LogP contribution in [0.15, 0.2) is 45.6 Å². The molecule has 0 saturated heterocycles. The molecule has 0 atom stereocenters. The number of rotatable bonds is 4. The van der Waals surface area contributed by atoms with E-state index in [0.717, 1.165) is 11.8 Å². The van der Waals surface area contributed by atoms with Gasteiger partial charge in [-0.05, 0) is 25.5 Å². The second-order valence-electron chi connectivity index (χ2n) is 4.80. The van der Waals surface area contributed by atoms with E-state index in [4.69, 9.17) is 0 Å². The Morgan fingerprint density at radius 3 is 2.52 bits per heavy atom. The van der Waals surface area contributed by atoms with E-state index in [1.165, 1.54) is 12.1 Å². The van der Waals surface area contributed by atoms with Gasteiger partial charge in [-0.25, -0.2) is 4.83 Å². The van der Waals surface area contributed by atoms with Crippen molar-refractivity contribution in [1.29, 1.82) is 0 Å². The van der Waals surface area contributed by atoms with Gasteiger partial charge in [0.25, 0.3) is 10.0 Å². The first kappa shape index (κ1) is 15.2. The first-order chi connectivity index (χ1) is 9.90. The van der Waals surface area contributed by atoms with Crippen molar-refractivity contribution in [1.82, 2.24) is 4.83 Å². The van der Waals surface area contributed by atoms with E-state index in [1.54, 1.807) is 12.1 Å². The second-order valence-corrected chi connectivity index (χ2v) is 6.46. The number of allylic oxidation sites excluding steroid dienone is 2. The number of hydrogen-bond acceptors (Lipinski definition) is 5. The molecule has 1 aliphatic carbocycles. The summed E-state index contributed by atoms with van der Waals surface area (Å²) in [6, 6.07) is 6.29. The van der Waals surface area contributed by atoms with Crippen LogP contribution < -0.4 is 4.83 Å². The highest BCUT2D eigenvalue weighted by molar-refractivity contribution is 7.89. The third kappa shape index (κ3) is 3.69. The standard InChI is InChI=1S/C14H16N2O4S/c1-10-5-7-11(8-6-10)21(19,20)16-15-9-12-13(17)3-2-4-14(12)18/h5-9,16-17H,2-4H2,1H3. The Bertz CT molecular complexity index is 703. The second kappa shape index (κ2) is 6.09. The number of benzene rings is 1. The third-order valence-corrected chi connectivity index (χ3v) is 4.37. The highest BCUT2D eigenvalue weighted by Crippen LogP contribution is 2.18. The Hall–Kier alpha value is -2.15. The number of carbonyl (C=O) groups is 1. The number of ketones is 1. The molecule has 0 amide bonds. The fourth-order valence-electron chi connectivity index (χ4n) is 1.92. The lowest BCUT2D eigenvalue weighted by molar-refractivity contribution is -0.115. The minimum atomic E-state index is -3.78. The molecule has 0 radical (unpaired) electrons. The number of hydrogen-bond donors (Lipinski definition) is 2. The Morgan fingerprint density at radius 1 is 1.24 bits per heavy atom. The molecule has 1 aliphatic rings. The summed E-state index contributed by atoms with van der Waals surface area (Å²) in [5.41, 5.74) is 1.01. The summed E-state index contributed by atoms with van der Waals surface area (Å²) in [6.07, 6.45) is 2.38. The zero-order chi connectivity index (χ0) is 15.5. The highest BCUT2D eigenvalue weighted by atomic mass is 32.2. The maximum absolute atomic E-state index is 12.0. The van der Waals surface area contributed by atoms with Gasteiger partial charge in [0.2, 0.25) is 0 Å². The molecule has 2 rings (SSSR count). The smallest absolute Gasteiger partial charge is 0.276 e. The van der Waals surface area contributed by atoms with Crippen molar-refractivity contribution in [2.24, 2.45) is 5.10 Å². The van der Waals surface area contributed by atoms with Crippen LogP contribution in [0, 0.1) is 6.92 Å². The Morgan fingerprint density at radius 2 is 1.90 bits per heavy atom. The summed E-state index contributed by atoms with van der Waals surface area (Å²) < 4.78 is 23.9. The predicted octanol–water partition coefficient (Wildman–Crippen LogP) is 1.82. The molecular weight excluding hydrogens is 292 g/mol. The average molecular weight is 308 g/mol. The summed E-state index contributed by atoms with van der Waals surface area (Å²) in [7, 11) is -3.78. The van der Waals surface area contributed by atoms with Crippen LogP contribution in [0.3, 0.4) is 0 Å². The van der Waals surface area contributed by atoms with Crippen LogP contribution in [0.25, 0.3) is 0 Å². The van der Waals surface area contributed by atoms with Crippen molar-refractivity contribution in [2.45, 2.75) is 31.1 Å². The molecule has 7 heteroatoms. The van der Waals surface area contributed by atoms with E-state index in [1.807, 2.05) is 11.8 Å². The maximum atomic E-state index is 12.0. The van der Waals surface area contributed by atoms with Crippen molar-refractivity contribution >= 4 is 22.0 Å². The number of nitrogens with zero attached hydrogens (tertiary/aromatic N) is 1. The molecular formula is C14H16N2O4S. The Balaban J connectivity index is 2.13. The first-order valence-corrected chi connectivity index (χ1v) is 7.95. The number of hydrazone groups is 1. The molecule has 0 heterocycles. The van der Waals surface area contributed by atoms with E-state index < -0.39 is 10.0 Å². The molecule has 0 aromatic heterocycles. The van der Waals surface area contributed by atoms with Gasteiger partial charge in [-0.2, -0.15) is 13.5 Å². The molecule has 0 fully saturated rings. The SMILES string of the molecule is Cc1ccc(S(=O)(=O)NN=CC2=C(O)CCCC2=O)cc1. The van der Waals surface area contributed by atoms with E-state index in [2.05, 4.69) is 5.10 Å². The summed E-state index contributed by atoms with van der Waals surface area (Å²) >= 11 is 0. The van der Waals surface area contributed by atoms with Crippen LogP contribution in [0.5, 0.6) is 0 Å². The Kier molecular flexibility index (Phi) is 4.42. The van der Waals surface area contributed by atoms with Crippen LogP contribution in [0.2, 0.25) is 0 Å². The lowest BCUT2D eigenvalue weighted by Crippen LogP contribution is -2.20. The van der Waals surface area contributed by atoms with Gasteiger partial charge >= 0.3 is 0 Å². The van der Waals surface area contributed by atoms with Crippen molar-refractivity contribution in [2.75, 3.05) is 0 Å². The molecule has 0 saturated carbocycles. The lowest BCUT2D eigenvalue weighted by Gasteiger charge is -2.11. The molecule has 0 spiro atoms. The monoisotopic (exact) mass is 308 g/mol. The van der Waals surface area contributed by atoms with Crippen molar-refractivity contribution in [3.8, 4) is 0 Å². The van der Waals surface area contributed by atoms with Crippen LogP contribution in [0.4, 0.5) is 0 Å². The number of carbonyl (C=O) groups excluding carboxylic acids is 1. The summed E-state index contributed by atoms with van der Waals surface area (Å²) in [5, 5.41) is 13.2. The average Bonchev–Trinajstić information content (AvgIpc) is 2.42. The molecule has 0 unspecified atom stereocenters. The predicted molar refractivity (Wildman–Crippen MR) is 78.5 cm³/mol. The molecule has 0 aliphatic heterocycles. The fourth-order valence-corrected chi connectivity index (χ4v) is 2.71. The van der Waals surface area contributed by atoms with Crippen molar-refractivity contribution < 1.29 is 18.3 Å². The van der Waals surface area contributed by atoms with E-state index in [-0.39, 0.29) is 22.0 Å². The first-order valence-electron chi connectivity index (χ1n) is 6.47. The zero-order valence-corrected chi connectivity index (χ0v) is 12.4. The van der Waals surface area contributed by atoms with Crippen LogP contribution in [-0.4, -0.2) is 25.5 Å². The lowest BCUT2D eigenvalue weighted by atomic mass is 9.97. The third-order valence-electron chi connectivity index (χ3n) is 3.13. The largest absolute Gasteiger partial charge is 0.512 e. The highest BCUT2D eigenvalue weighted by Gasteiger charge is 2.19. The van der Waals surface area contributed by atoms with E-state index >= 15 is 0 Å². The van der Waals surface area contributed by atoms with Gasteiger partial charge in [-0.3, -0.25) is 4.79 Å². The van der Waals surface area contributed by atoms with Crippen molar-refractivity contribution in [3.63, 3.8) is 0 Å². The van der Waals surface area contributed by atoms with Crippen molar-refractivity contribution in [3.05, 3.63) is 41.2 Å². The molecule has 112 valence electrons. The van der Waals surface area contributed by atoms with Gasteiger partial charge in [0.15, 0.2) is 5.78 Å². The van der Waals surface area contributed by atoms with Gasteiger partial charge in [0.1, 0.15) is 5.76 Å². The number of aliphatic hydroxyl groups is 1. The van der Waals surface area contributed by atoms with Crippen LogP contribution >= 0.6 is 0 Å². The fraction of sp³-hybridized carbons (Fsp3) is 0.286. The van der Waals surface area contributed by atoms with Gasteiger partial charge in [-0.15, -0.1) is 0 Å². The molecule has 1 aromatic rings. The normalized spacial score (nSPS) is 16.5. The Labute approximate surface area is 123 Å². The molecule has 6 nitrogen and oxygen atoms in total.